The van der Waals surface area contributed by atoms with Crippen molar-refractivity contribution in [3.05, 3.63) is 23.3 Å². The van der Waals surface area contributed by atoms with Gasteiger partial charge in [-0.05, 0) is 36.6 Å². The van der Waals surface area contributed by atoms with E-state index in [4.69, 9.17) is 14.7 Å². The first-order valence-corrected chi connectivity index (χ1v) is 5.69. The van der Waals surface area contributed by atoms with Gasteiger partial charge in [-0.1, -0.05) is 6.92 Å². The lowest BCUT2D eigenvalue weighted by Crippen LogP contribution is -2.07. The zero-order valence-electron chi connectivity index (χ0n) is 10.7. The number of hydrogen-bond acceptors (Lipinski definition) is 3. The molecule has 0 N–H and O–H groups in total. The molecule has 3 nitrogen and oxygen atoms in total. The molecule has 3 heteroatoms. The molecule has 0 saturated heterocycles. The fraction of sp³-hybridized carbons (Fsp3) is 0.500. The first-order valence-electron chi connectivity index (χ1n) is 5.69. The monoisotopic (exact) mass is 231 g/mol. The quantitative estimate of drug-likeness (QED) is 0.803. The Hall–Kier alpha value is -1.69. The molecule has 1 aliphatic rings. The van der Waals surface area contributed by atoms with E-state index in [-0.39, 0.29) is 11.3 Å². The van der Waals surface area contributed by atoms with E-state index < -0.39 is 0 Å². The van der Waals surface area contributed by atoms with Crippen LogP contribution >= 0.6 is 0 Å². The van der Waals surface area contributed by atoms with E-state index in [9.17, 15) is 0 Å². The third kappa shape index (κ3) is 1.74. The van der Waals surface area contributed by atoms with Crippen LogP contribution in [-0.4, -0.2) is 14.2 Å². The van der Waals surface area contributed by atoms with Crippen LogP contribution in [0.4, 0.5) is 0 Å². The molecule has 2 unspecified atom stereocenters. The Kier molecular flexibility index (Phi) is 2.74. The minimum Gasteiger partial charge on any atom is -0.493 e. The lowest BCUT2D eigenvalue weighted by molar-refractivity contribution is 0.353. The number of nitrogens with zero attached hydrogens (tertiary/aromatic N) is 1. The van der Waals surface area contributed by atoms with Crippen LogP contribution in [0.3, 0.4) is 0 Å². The Labute approximate surface area is 102 Å². The number of ether oxygens (including phenoxy) is 2. The standard InChI is InChI=1S/C14H17NO2/c1-9-5-12(16-3)13(17-4)6-11(9)14(2)7-10(14)8-15/h5-6,10H,7H2,1-4H3. The van der Waals surface area contributed by atoms with Crippen molar-refractivity contribution >= 4 is 0 Å². The fourth-order valence-electron chi connectivity index (χ4n) is 2.45. The number of rotatable bonds is 3. The molecule has 1 fully saturated rings. The van der Waals surface area contributed by atoms with Gasteiger partial charge in [-0.15, -0.1) is 0 Å². The molecule has 0 bridgehead atoms. The molecule has 0 heterocycles. The Morgan fingerprint density at radius 2 is 1.88 bits per heavy atom. The molecule has 2 rings (SSSR count). The second kappa shape index (κ2) is 3.96. The van der Waals surface area contributed by atoms with E-state index in [0.717, 1.165) is 23.5 Å². The Morgan fingerprint density at radius 1 is 1.29 bits per heavy atom. The van der Waals surface area contributed by atoms with Crippen LogP contribution in [-0.2, 0) is 5.41 Å². The Morgan fingerprint density at radius 3 is 2.35 bits per heavy atom. The van der Waals surface area contributed by atoms with Crippen molar-refractivity contribution in [2.75, 3.05) is 14.2 Å². The van der Waals surface area contributed by atoms with Crippen molar-refractivity contribution < 1.29 is 9.47 Å². The average molecular weight is 231 g/mol. The average Bonchev–Trinajstić information content (AvgIpc) is 3.01. The van der Waals surface area contributed by atoms with Crippen molar-refractivity contribution in [2.45, 2.75) is 25.7 Å². The topological polar surface area (TPSA) is 42.2 Å². The lowest BCUT2D eigenvalue weighted by Gasteiger charge is -2.17. The second-order valence-corrected chi connectivity index (χ2v) is 4.83. The van der Waals surface area contributed by atoms with E-state index in [1.54, 1.807) is 14.2 Å². The van der Waals surface area contributed by atoms with Crippen LogP contribution in [0, 0.1) is 24.2 Å². The van der Waals surface area contributed by atoms with Gasteiger partial charge >= 0.3 is 0 Å². The summed E-state index contributed by atoms with van der Waals surface area (Å²) >= 11 is 0. The number of methoxy groups -OCH3 is 2. The van der Waals surface area contributed by atoms with Gasteiger partial charge in [0.2, 0.25) is 0 Å². The van der Waals surface area contributed by atoms with Gasteiger partial charge in [0.25, 0.3) is 0 Å². The largest absolute Gasteiger partial charge is 0.493 e. The summed E-state index contributed by atoms with van der Waals surface area (Å²) in [5, 5.41) is 9.02. The molecule has 1 aromatic rings. The second-order valence-electron chi connectivity index (χ2n) is 4.83. The maximum atomic E-state index is 9.02. The smallest absolute Gasteiger partial charge is 0.161 e. The van der Waals surface area contributed by atoms with Gasteiger partial charge in [0.15, 0.2) is 11.5 Å². The van der Waals surface area contributed by atoms with Crippen molar-refractivity contribution in [1.29, 1.82) is 5.26 Å². The number of benzene rings is 1. The molecule has 2 atom stereocenters. The summed E-state index contributed by atoms with van der Waals surface area (Å²) in [6.45, 7) is 4.18. The summed E-state index contributed by atoms with van der Waals surface area (Å²) < 4.78 is 10.6. The number of hydrogen-bond donors (Lipinski definition) is 0. The van der Waals surface area contributed by atoms with Crippen LogP contribution in [0.5, 0.6) is 11.5 Å². The maximum absolute atomic E-state index is 9.02. The summed E-state index contributed by atoms with van der Waals surface area (Å²) in [7, 11) is 3.27. The van der Waals surface area contributed by atoms with Crippen LogP contribution in [0.1, 0.15) is 24.5 Å². The van der Waals surface area contributed by atoms with Crippen molar-refractivity contribution in [3.63, 3.8) is 0 Å². The number of nitriles is 1. The molecule has 90 valence electrons. The summed E-state index contributed by atoms with van der Waals surface area (Å²) in [6.07, 6.45) is 0.930. The highest BCUT2D eigenvalue weighted by Gasteiger charge is 2.52. The van der Waals surface area contributed by atoms with Gasteiger partial charge in [0.1, 0.15) is 0 Å². The van der Waals surface area contributed by atoms with E-state index in [1.165, 1.54) is 5.56 Å². The molecular weight excluding hydrogens is 214 g/mol. The normalized spacial score (nSPS) is 26.2. The summed E-state index contributed by atoms with van der Waals surface area (Å²) in [4.78, 5) is 0. The third-order valence-corrected chi connectivity index (χ3v) is 3.74. The van der Waals surface area contributed by atoms with E-state index >= 15 is 0 Å². The highest BCUT2D eigenvalue weighted by atomic mass is 16.5. The molecule has 0 radical (unpaired) electrons. The minimum absolute atomic E-state index is 0.0155. The Bertz CT molecular complexity index is 490. The summed E-state index contributed by atoms with van der Waals surface area (Å²) in [5.74, 6) is 1.60. The van der Waals surface area contributed by atoms with E-state index in [0.29, 0.717) is 0 Å². The van der Waals surface area contributed by atoms with Crippen molar-refractivity contribution in [1.82, 2.24) is 0 Å². The zero-order chi connectivity index (χ0) is 12.6. The predicted molar refractivity (Wildman–Crippen MR) is 65.4 cm³/mol. The van der Waals surface area contributed by atoms with E-state index in [1.807, 2.05) is 12.1 Å². The van der Waals surface area contributed by atoms with Crippen molar-refractivity contribution in [2.24, 2.45) is 5.92 Å². The minimum atomic E-state index is -0.0155. The number of aryl methyl sites for hydroxylation is 1. The van der Waals surface area contributed by atoms with Crippen LogP contribution in [0.15, 0.2) is 12.1 Å². The molecule has 0 aromatic heterocycles. The van der Waals surface area contributed by atoms with Gasteiger partial charge in [0, 0.05) is 5.41 Å². The van der Waals surface area contributed by atoms with Crippen LogP contribution < -0.4 is 9.47 Å². The first kappa shape index (κ1) is 11.8. The molecule has 0 spiro atoms. The van der Waals surface area contributed by atoms with Gasteiger partial charge in [-0.3, -0.25) is 0 Å². The zero-order valence-corrected chi connectivity index (χ0v) is 10.7. The molecular formula is C14H17NO2. The van der Waals surface area contributed by atoms with Gasteiger partial charge < -0.3 is 9.47 Å². The predicted octanol–water partition coefficient (Wildman–Crippen LogP) is 2.81. The molecule has 1 aliphatic carbocycles. The first-order chi connectivity index (χ1) is 8.06. The van der Waals surface area contributed by atoms with Gasteiger partial charge in [0.05, 0.1) is 26.2 Å². The van der Waals surface area contributed by atoms with Crippen LogP contribution in [0.2, 0.25) is 0 Å². The highest BCUT2D eigenvalue weighted by molar-refractivity contribution is 5.52. The molecule has 1 saturated carbocycles. The molecule has 1 aromatic carbocycles. The summed E-state index contributed by atoms with van der Waals surface area (Å²) in [5.41, 5.74) is 2.34. The van der Waals surface area contributed by atoms with Crippen molar-refractivity contribution in [3.8, 4) is 17.6 Å². The molecule has 0 aliphatic heterocycles. The molecule has 17 heavy (non-hydrogen) atoms. The van der Waals surface area contributed by atoms with Gasteiger partial charge in [-0.2, -0.15) is 5.26 Å². The highest BCUT2D eigenvalue weighted by Crippen LogP contribution is 2.55. The molecule has 0 amide bonds. The lowest BCUT2D eigenvalue weighted by atomic mass is 9.91. The SMILES string of the molecule is COc1cc(C)c(C2(C)CC2C#N)cc1OC. The summed E-state index contributed by atoms with van der Waals surface area (Å²) in [6, 6.07) is 6.33. The van der Waals surface area contributed by atoms with E-state index in [2.05, 4.69) is 19.9 Å². The maximum Gasteiger partial charge on any atom is 0.161 e. The third-order valence-electron chi connectivity index (χ3n) is 3.74. The van der Waals surface area contributed by atoms with Crippen LogP contribution in [0.25, 0.3) is 0 Å². The fourth-order valence-corrected chi connectivity index (χ4v) is 2.45. The Balaban J connectivity index is 2.47. The van der Waals surface area contributed by atoms with Gasteiger partial charge in [-0.25, -0.2) is 0 Å².